The number of hydrogen-bond donors (Lipinski definition) is 2. The molecule has 1 atom stereocenters. The number of nitrogens with zero attached hydrogens (tertiary/aromatic N) is 1. The third kappa shape index (κ3) is 4.72. The van der Waals surface area contributed by atoms with Crippen LogP contribution in [0.1, 0.15) is 41.0 Å². The van der Waals surface area contributed by atoms with Gasteiger partial charge in [0.15, 0.2) is 0 Å². The number of phenols is 1. The lowest BCUT2D eigenvalue weighted by Gasteiger charge is -2.31. The van der Waals surface area contributed by atoms with Crippen LogP contribution in [-0.2, 0) is 19.5 Å². The van der Waals surface area contributed by atoms with Crippen molar-refractivity contribution in [1.29, 1.82) is 0 Å². The van der Waals surface area contributed by atoms with E-state index in [9.17, 15) is 5.11 Å². The van der Waals surface area contributed by atoms with E-state index in [4.69, 9.17) is 0 Å². The van der Waals surface area contributed by atoms with Crippen molar-refractivity contribution in [1.82, 2.24) is 10.2 Å². The molecule has 2 N–H and O–H groups in total. The molecule has 3 nitrogen and oxygen atoms in total. The molecule has 0 saturated carbocycles. The molecule has 2 heterocycles. The Morgan fingerprint density at radius 3 is 2.65 bits per heavy atom. The second kappa shape index (κ2) is 9.61. The predicted molar refractivity (Wildman–Crippen MR) is 112 cm³/mol. The van der Waals surface area contributed by atoms with Gasteiger partial charge < -0.3 is 10.4 Å². The average molecular weight is 395 g/mol. The van der Waals surface area contributed by atoms with Crippen LogP contribution in [0.25, 0.3) is 0 Å². The molecule has 4 rings (SSSR count). The molecule has 0 bridgehead atoms. The van der Waals surface area contributed by atoms with E-state index in [1.807, 2.05) is 6.07 Å². The third-order valence-electron chi connectivity index (χ3n) is 5.43. The highest BCUT2D eigenvalue weighted by molar-refractivity contribution is 5.85. The van der Waals surface area contributed by atoms with Gasteiger partial charge in [-0.2, -0.15) is 0 Å². The van der Waals surface area contributed by atoms with E-state index in [1.165, 1.54) is 29.5 Å². The first-order valence-electron chi connectivity index (χ1n) is 9.11. The lowest BCUT2D eigenvalue weighted by molar-refractivity contribution is 0.243. The summed E-state index contributed by atoms with van der Waals surface area (Å²) in [4.78, 5) is 2.49. The fraction of sp³-hybridized carbons (Fsp3) is 0.429. The molecule has 1 saturated heterocycles. The molecule has 2 aromatic rings. The SMILES string of the molecule is Cl.Cl.Oc1cc(C2CCCNC2)cc2c1CCN(Cc1ccccc1)C2. The summed E-state index contributed by atoms with van der Waals surface area (Å²) in [7, 11) is 0. The number of fused-ring (bicyclic) bond motifs is 1. The highest BCUT2D eigenvalue weighted by atomic mass is 35.5. The van der Waals surface area contributed by atoms with E-state index in [0.717, 1.165) is 44.7 Å². The Morgan fingerprint density at radius 2 is 1.92 bits per heavy atom. The Labute approximate surface area is 168 Å². The van der Waals surface area contributed by atoms with Gasteiger partial charge in [-0.25, -0.2) is 0 Å². The third-order valence-corrected chi connectivity index (χ3v) is 5.43. The maximum atomic E-state index is 10.5. The molecule has 1 fully saturated rings. The monoisotopic (exact) mass is 394 g/mol. The van der Waals surface area contributed by atoms with Crippen molar-refractivity contribution in [3.05, 3.63) is 64.7 Å². The minimum absolute atomic E-state index is 0. The standard InChI is InChI=1S/C21H26N2O.2ClH/c24-21-12-18(17-7-4-9-22-13-17)11-19-15-23(10-8-20(19)21)14-16-5-2-1-3-6-16;;/h1-3,5-6,11-12,17,22,24H,4,7-10,13-15H2;2*1H. The van der Waals surface area contributed by atoms with Crippen LogP contribution in [0.3, 0.4) is 0 Å². The van der Waals surface area contributed by atoms with Crippen LogP contribution in [0.5, 0.6) is 5.75 Å². The second-order valence-corrected chi connectivity index (χ2v) is 7.17. The molecule has 0 aromatic heterocycles. The summed E-state index contributed by atoms with van der Waals surface area (Å²) in [6, 6.07) is 15.0. The van der Waals surface area contributed by atoms with Crippen molar-refractivity contribution in [3.8, 4) is 5.75 Å². The zero-order chi connectivity index (χ0) is 16.4. The van der Waals surface area contributed by atoms with Gasteiger partial charge in [-0.1, -0.05) is 36.4 Å². The molecule has 0 spiro atoms. The van der Waals surface area contributed by atoms with E-state index < -0.39 is 0 Å². The van der Waals surface area contributed by atoms with Crippen molar-refractivity contribution in [2.24, 2.45) is 0 Å². The number of halogens is 2. The zero-order valence-corrected chi connectivity index (χ0v) is 16.6. The first-order chi connectivity index (χ1) is 11.8. The number of piperidine rings is 1. The molecule has 142 valence electrons. The van der Waals surface area contributed by atoms with E-state index in [2.05, 4.69) is 46.6 Å². The first kappa shape index (κ1) is 21.0. The van der Waals surface area contributed by atoms with Gasteiger partial charge in [0.05, 0.1) is 0 Å². The van der Waals surface area contributed by atoms with Gasteiger partial charge in [-0.05, 0) is 60.0 Å². The fourth-order valence-electron chi connectivity index (χ4n) is 4.11. The van der Waals surface area contributed by atoms with E-state index in [1.54, 1.807) is 0 Å². The minimum atomic E-state index is 0. The molecular formula is C21H28Cl2N2O. The molecule has 0 aliphatic carbocycles. The Morgan fingerprint density at radius 1 is 1.12 bits per heavy atom. The van der Waals surface area contributed by atoms with Crippen LogP contribution < -0.4 is 5.32 Å². The Bertz CT molecular complexity index is 703. The highest BCUT2D eigenvalue weighted by Crippen LogP contribution is 2.34. The van der Waals surface area contributed by atoms with Crippen molar-refractivity contribution in [3.63, 3.8) is 0 Å². The van der Waals surface area contributed by atoms with Crippen molar-refractivity contribution >= 4 is 24.8 Å². The van der Waals surface area contributed by atoms with Gasteiger partial charge in [0.1, 0.15) is 5.75 Å². The molecule has 2 aliphatic heterocycles. The number of nitrogens with one attached hydrogen (secondary N) is 1. The smallest absolute Gasteiger partial charge is 0.119 e. The number of phenolic OH excluding ortho intramolecular Hbond substituents is 1. The van der Waals surface area contributed by atoms with Crippen LogP contribution in [0, 0.1) is 0 Å². The van der Waals surface area contributed by atoms with Crippen LogP contribution in [0.4, 0.5) is 0 Å². The van der Waals surface area contributed by atoms with E-state index in [0.29, 0.717) is 11.7 Å². The first-order valence-corrected chi connectivity index (χ1v) is 9.11. The summed E-state index contributed by atoms with van der Waals surface area (Å²) in [6.07, 6.45) is 3.39. The number of hydrogen-bond acceptors (Lipinski definition) is 3. The molecule has 26 heavy (non-hydrogen) atoms. The van der Waals surface area contributed by atoms with Crippen LogP contribution in [0.2, 0.25) is 0 Å². The Balaban J connectivity index is 0.00000121. The Hall–Kier alpha value is -1.26. The lowest BCUT2D eigenvalue weighted by Crippen LogP contribution is -2.31. The number of benzene rings is 2. The quantitative estimate of drug-likeness (QED) is 0.815. The molecule has 5 heteroatoms. The van der Waals surface area contributed by atoms with Gasteiger partial charge in [0.2, 0.25) is 0 Å². The second-order valence-electron chi connectivity index (χ2n) is 7.17. The van der Waals surface area contributed by atoms with Crippen LogP contribution >= 0.6 is 24.8 Å². The molecule has 2 aliphatic rings. The molecule has 0 radical (unpaired) electrons. The topological polar surface area (TPSA) is 35.5 Å². The largest absolute Gasteiger partial charge is 0.508 e. The average Bonchev–Trinajstić information content (AvgIpc) is 2.63. The van der Waals surface area contributed by atoms with Crippen LogP contribution in [0.15, 0.2) is 42.5 Å². The number of aromatic hydroxyl groups is 1. The van der Waals surface area contributed by atoms with E-state index >= 15 is 0 Å². The number of rotatable bonds is 3. The zero-order valence-electron chi connectivity index (χ0n) is 15.0. The van der Waals surface area contributed by atoms with Crippen molar-refractivity contribution in [2.75, 3.05) is 19.6 Å². The fourth-order valence-corrected chi connectivity index (χ4v) is 4.11. The Kier molecular flexibility index (Phi) is 7.78. The summed E-state index contributed by atoms with van der Waals surface area (Å²) in [6.45, 7) is 5.09. The lowest BCUT2D eigenvalue weighted by atomic mass is 9.87. The van der Waals surface area contributed by atoms with Gasteiger partial charge in [-0.3, -0.25) is 4.90 Å². The highest BCUT2D eigenvalue weighted by Gasteiger charge is 2.23. The molecule has 2 aromatic carbocycles. The maximum Gasteiger partial charge on any atom is 0.119 e. The van der Waals surface area contributed by atoms with Crippen molar-refractivity contribution in [2.45, 2.75) is 38.3 Å². The normalized spacial score (nSPS) is 19.8. The predicted octanol–water partition coefficient (Wildman–Crippen LogP) is 4.26. The molecule has 0 amide bonds. The summed E-state index contributed by atoms with van der Waals surface area (Å²) in [5.74, 6) is 1.05. The summed E-state index contributed by atoms with van der Waals surface area (Å²) in [5.41, 5.74) is 5.14. The minimum Gasteiger partial charge on any atom is -0.508 e. The van der Waals surface area contributed by atoms with Gasteiger partial charge in [-0.15, -0.1) is 24.8 Å². The summed E-state index contributed by atoms with van der Waals surface area (Å²) in [5, 5.41) is 14.0. The molecule has 1 unspecified atom stereocenters. The maximum absolute atomic E-state index is 10.5. The summed E-state index contributed by atoms with van der Waals surface area (Å²) >= 11 is 0. The molecular weight excluding hydrogens is 367 g/mol. The van der Waals surface area contributed by atoms with Crippen LogP contribution in [-0.4, -0.2) is 29.6 Å². The van der Waals surface area contributed by atoms with Gasteiger partial charge >= 0.3 is 0 Å². The van der Waals surface area contributed by atoms with Gasteiger partial charge in [0.25, 0.3) is 0 Å². The van der Waals surface area contributed by atoms with E-state index in [-0.39, 0.29) is 24.8 Å². The van der Waals surface area contributed by atoms with Gasteiger partial charge in [0, 0.05) is 26.2 Å². The van der Waals surface area contributed by atoms with Crippen molar-refractivity contribution < 1.29 is 5.11 Å². The summed E-state index contributed by atoms with van der Waals surface area (Å²) < 4.78 is 0.